The van der Waals surface area contributed by atoms with Crippen molar-refractivity contribution < 1.29 is 5.11 Å². The van der Waals surface area contributed by atoms with E-state index in [0.29, 0.717) is 6.61 Å². The standard InChI is InChI=1S/C12H26N2OS/c15-10-4-2-1-3-5-13-6-7-14-8-11-16-12-9-14/h13,15H,1-12H2. The Morgan fingerprint density at radius 2 is 1.75 bits per heavy atom. The zero-order valence-electron chi connectivity index (χ0n) is 10.3. The van der Waals surface area contributed by atoms with Crippen molar-refractivity contribution in [3.05, 3.63) is 0 Å². The van der Waals surface area contributed by atoms with E-state index in [2.05, 4.69) is 22.0 Å². The smallest absolute Gasteiger partial charge is 0.0431 e. The van der Waals surface area contributed by atoms with Gasteiger partial charge in [0.1, 0.15) is 0 Å². The maximum atomic E-state index is 8.63. The van der Waals surface area contributed by atoms with Crippen LogP contribution in [0.25, 0.3) is 0 Å². The number of hydrogen-bond donors (Lipinski definition) is 2. The van der Waals surface area contributed by atoms with Crippen LogP contribution in [0.1, 0.15) is 25.7 Å². The minimum Gasteiger partial charge on any atom is -0.396 e. The van der Waals surface area contributed by atoms with Crippen LogP contribution < -0.4 is 5.32 Å². The largest absolute Gasteiger partial charge is 0.396 e. The van der Waals surface area contributed by atoms with E-state index >= 15 is 0 Å². The van der Waals surface area contributed by atoms with Crippen LogP contribution in [0.4, 0.5) is 0 Å². The number of thioether (sulfide) groups is 1. The third-order valence-electron chi connectivity index (χ3n) is 2.97. The lowest BCUT2D eigenvalue weighted by Crippen LogP contribution is -2.37. The van der Waals surface area contributed by atoms with Gasteiger partial charge in [-0.15, -0.1) is 0 Å². The molecule has 0 radical (unpaired) electrons. The van der Waals surface area contributed by atoms with Crippen LogP contribution in [-0.4, -0.2) is 60.8 Å². The molecule has 1 fully saturated rings. The molecule has 0 atom stereocenters. The molecule has 0 aromatic heterocycles. The number of aliphatic hydroxyl groups is 1. The summed E-state index contributed by atoms with van der Waals surface area (Å²) in [5.41, 5.74) is 0. The molecule has 2 N–H and O–H groups in total. The molecular formula is C12H26N2OS. The third-order valence-corrected chi connectivity index (χ3v) is 3.91. The number of rotatable bonds is 9. The summed E-state index contributed by atoms with van der Waals surface area (Å²) in [7, 11) is 0. The molecule has 0 bridgehead atoms. The van der Waals surface area contributed by atoms with Gasteiger partial charge in [0.2, 0.25) is 0 Å². The Bertz CT molecular complexity index is 152. The molecule has 0 aromatic rings. The molecule has 0 aliphatic carbocycles. The molecule has 1 heterocycles. The Hall–Kier alpha value is 0.230. The summed E-state index contributed by atoms with van der Waals surface area (Å²) in [6.07, 6.45) is 4.62. The second-order valence-corrected chi connectivity index (χ2v) is 5.57. The zero-order chi connectivity index (χ0) is 11.5. The Balaban J connectivity index is 1.77. The maximum Gasteiger partial charge on any atom is 0.0431 e. The fourth-order valence-corrected chi connectivity index (χ4v) is 2.88. The highest BCUT2D eigenvalue weighted by molar-refractivity contribution is 7.99. The Morgan fingerprint density at radius 1 is 1.00 bits per heavy atom. The Morgan fingerprint density at radius 3 is 2.50 bits per heavy atom. The predicted octanol–water partition coefficient (Wildman–Crippen LogP) is 1.18. The number of nitrogens with zero attached hydrogens (tertiary/aromatic N) is 1. The lowest BCUT2D eigenvalue weighted by molar-refractivity contribution is 0.282. The van der Waals surface area contributed by atoms with Crippen molar-refractivity contribution in [3.63, 3.8) is 0 Å². The summed E-state index contributed by atoms with van der Waals surface area (Å²) in [6, 6.07) is 0. The molecule has 0 amide bonds. The quantitative estimate of drug-likeness (QED) is 0.599. The SMILES string of the molecule is OCCCCCCNCCN1CCSCC1. The first-order valence-corrected chi connectivity index (χ1v) is 7.70. The second-order valence-electron chi connectivity index (χ2n) is 4.34. The van der Waals surface area contributed by atoms with Crippen molar-refractivity contribution >= 4 is 11.8 Å². The minimum atomic E-state index is 0.348. The van der Waals surface area contributed by atoms with Gasteiger partial charge in [0, 0.05) is 44.3 Å². The average Bonchev–Trinajstić information content (AvgIpc) is 2.34. The van der Waals surface area contributed by atoms with Gasteiger partial charge < -0.3 is 15.3 Å². The van der Waals surface area contributed by atoms with E-state index in [9.17, 15) is 0 Å². The molecule has 1 aliphatic heterocycles. The molecule has 3 nitrogen and oxygen atoms in total. The summed E-state index contributed by atoms with van der Waals surface area (Å²) >= 11 is 2.07. The van der Waals surface area contributed by atoms with Crippen molar-refractivity contribution in [1.82, 2.24) is 10.2 Å². The highest BCUT2D eigenvalue weighted by Gasteiger charge is 2.08. The molecule has 0 spiro atoms. The molecular weight excluding hydrogens is 220 g/mol. The van der Waals surface area contributed by atoms with Gasteiger partial charge in [0.25, 0.3) is 0 Å². The van der Waals surface area contributed by atoms with Crippen LogP contribution in [0, 0.1) is 0 Å². The van der Waals surface area contributed by atoms with Gasteiger partial charge >= 0.3 is 0 Å². The molecule has 0 saturated carbocycles. The number of aliphatic hydroxyl groups excluding tert-OH is 1. The van der Waals surface area contributed by atoms with Gasteiger partial charge in [0.05, 0.1) is 0 Å². The van der Waals surface area contributed by atoms with Gasteiger partial charge in [-0.2, -0.15) is 11.8 Å². The number of unbranched alkanes of at least 4 members (excludes halogenated alkanes) is 3. The predicted molar refractivity (Wildman–Crippen MR) is 72.2 cm³/mol. The van der Waals surface area contributed by atoms with E-state index in [0.717, 1.165) is 19.5 Å². The maximum absolute atomic E-state index is 8.63. The number of hydrogen-bond acceptors (Lipinski definition) is 4. The summed E-state index contributed by atoms with van der Waals surface area (Å²) in [5, 5.41) is 12.1. The normalized spacial score (nSPS) is 17.8. The molecule has 96 valence electrons. The molecule has 1 aliphatic rings. The summed E-state index contributed by atoms with van der Waals surface area (Å²) in [5.74, 6) is 2.61. The van der Waals surface area contributed by atoms with E-state index in [4.69, 9.17) is 5.11 Å². The molecule has 4 heteroatoms. The molecule has 1 rings (SSSR count). The van der Waals surface area contributed by atoms with E-state index < -0.39 is 0 Å². The van der Waals surface area contributed by atoms with Gasteiger partial charge in [-0.1, -0.05) is 12.8 Å². The van der Waals surface area contributed by atoms with Crippen molar-refractivity contribution in [2.45, 2.75) is 25.7 Å². The van der Waals surface area contributed by atoms with Crippen molar-refractivity contribution in [2.75, 3.05) is 50.8 Å². The van der Waals surface area contributed by atoms with Gasteiger partial charge in [-0.25, -0.2) is 0 Å². The van der Waals surface area contributed by atoms with E-state index in [1.54, 1.807) is 0 Å². The molecule has 16 heavy (non-hydrogen) atoms. The number of nitrogens with one attached hydrogen (secondary N) is 1. The fraction of sp³-hybridized carbons (Fsp3) is 1.00. The first-order chi connectivity index (χ1) is 7.93. The lowest BCUT2D eigenvalue weighted by atomic mass is 10.2. The first-order valence-electron chi connectivity index (χ1n) is 6.55. The topological polar surface area (TPSA) is 35.5 Å². The lowest BCUT2D eigenvalue weighted by Gasteiger charge is -2.26. The Labute approximate surface area is 104 Å². The third kappa shape index (κ3) is 7.49. The summed E-state index contributed by atoms with van der Waals surface area (Å²) in [6.45, 7) is 6.35. The highest BCUT2D eigenvalue weighted by atomic mass is 32.2. The minimum absolute atomic E-state index is 0.348. The zero-order valence-corrected chi connectivity index (χ0v) is 11.1. The van der Waals surface area contributed by atoms with Crippen molar-refractivity contribution in [1.29, 1.82) is 0 Å². The van der Waals surface area contributed by atoms with Crippen LogP contribution in [-0.2, 0) is 0 Å². The fourth-order valence-electron chi connectivity index (χ4n) is 1.90. The summed E-state index contributed by atoms with van der Waals surface area (Å²) < 4.78 is 0. The monoisotopic (exact) mass is 246 g/mol. The van der Waals surface area contributed by atoms with Crippen molar-refractivity contribution in [3.8, 4) is 0 Å². The molecule has 0 aromatic carbocycles. The van der Waals surface area contributed by atoms with Crippen LogP contribution >= 0.6 is 11.8 Å². The van der Waals surface area contributed by atoms with E-state index in [-0.39, 0.29) is 0 Å². The van der Waals surface area contributed by atoms with E-state index in [1.165, 1.54) is 50.4 Å². The van der Waals surface area contributed by atoms with Crippen LogP contribution in [0.15, 0.2) is 0 Å². The van der Waals surface area contributed by atoms with Crippen LogP contribution in [0.2, 0.25) is 0 Å². The van der Waals surface area contributed by atoms with E-state index in [1.807, 2.05) is 0 Å². The molecule has 0 unspecified atom stereocenters. The van der Waals surface area contributed by atoms with Crippen LogP contribution in [0.5, 0.6) is 0 Å². The molecule has 1 saturated heterocycles. The van der Waals surface area contributed by atoms with Gasteiger partial charge in [-0.05, 0) is 19.4 Å². The van der Waals surface area contributed by atoms with Crippen molar-refractivity contribution in [2.24, 2.45) is 0 Å². The Kier molecular flexibility index (Phi) is 9.28. The average molecular weight is 246 g/mol. The first kappa shape index (κ1) is 14.3. The van der Waals surface area contributed by atoms with Crippen LogP contribution in [0.3, 0.4) is 0 Å². The second kappa shape index (κ2) is 10.4. The van der Waals surface area contributed by atoms with Gasteiger partial charge in [0.15, 0.2) is 0 Å². The van der Waals surface area contributed by atoms with Gasteiger partial charge in [-0.3, -0.25) is 0 Å². The highest BCUT2D eigenvalue weighted by Crippen LogP contribution is 2.07. The summed E-state index contributed by atoms with van der Waals surface area (Å²) in [4.78, 5) is 2.55.